The second kappa shape index (κ2) is 5.53. The normalized spacial score (nSPS) is 10.5. The van der Waals surface area contributed by atoms with Crippen molar-refractivity contribution < 1.29 is 4.79 Å². The highest BCUT2D eigenvalue weighted by Gasteiger charge is 2.07. The van der Waals surface area contributed by atoms with Gasteiger partial charge in [-0.3, -0.25) is 10.3 Å². The monoisotopic (exact) mass is 283 g/mol. The van der Waals surface area contributed by atoms with Crippen LogP contribution in [0.25, 0.3) is 22.7 Å². The standard InChI is InChI=1S/C13H13N7O/c1-2-14-13(21)20-10-4-3-8-12(19-10)18-9(7-17-8)11-15-5-6-16-11/h3-7H,2H2,1H3,(H,15,16)(H2,14,18,19,20,21). The fraction of sp³-hybridized carbons (Fsp3) is 0.154. The van der Waals surface area contributed by atoms with Crippen molar-refractivity contribution in [1.29, 1.82) is 0 Å². The van der Waals surface area contributed by atoms with Crippen LogP contribution in [0.2, 0.25) is 0 Å². The highest BCUT2D eigenvalue weighted by Crippen LogP contribution is 2.16. The summed E-state index contributed by atoms with van der Waals surface area (Å²) in [5.74, 6) is 1.03. The third kappa shape index (κ3) is 2.78. The lowest BCUT2D eigenvalue weighted by Gasteiger charge is -2.05. The molecule has 0 aromatic carbocycles. The molecule has 0 atom stereocenters. The van der Waals surface area contributed by atoms with Gasteiger partial charge < -0.3 is 10.3 Å². The van der Waals surface area contributed by atoms with E-state index in [-0.39, 0.29) is 6.03 Å². The largest absolute Gasteiger partial charge is 0.343 e. The van der Waals surface area contributed by atoms with Crippen molar-refractivity contribution in [2.45, 2.75) is 6.92 Å². The van der Waals surface area contributed by atoms with E-state index in [9.17, 15) is 4.79 Å². The van der Waals surface area contributed by atoms with E-state index in [0.29, 0.717) is 35.0 Å². The van der Waals surface area contributed by atoms with Gasteiger partial charge in [0.05, 0.1) is 6.20 Å². The molecule has 3 N–H and O–H groups in total. The number of H-pyrrole nitrogens is 1. The summed E-state index contributed by atoms with van der Waals surface area (Å²) >= 11 is 0. The van der Waals surface area contributed by atoms with Crippen molar-refractivity contribution in [2.75, 3.05) is 11.9 Å². The number of rotatable bonds is 3. The predicted molar refractivity (Wildman–Crippen MR) is 77.6 cm³/mol. The zero-order valence-electron chi connectivity index (χ0n) is 11.3. The molecule has 106 valence electrons. The Hall–Kier alpha value is -3.03. The molecule has 2 amide bonds. The maximum absolute atomic E-state index is 11.5. The lowest BCUT2D eigenvalue weighted by molar-refractivity contribution is 0.252. The highest BCUT2D eigenvalue weighted by molar-refractivity contribution is 5.89. The van der Waals surface area contributed by atoms with Crippen LogP contribution in [0.15, 0.2) is 30.7 Å². The Morgan fingerprint density at radius 2 is 2.19 bits per heavy atom. The van der Waals surface area contributed by atoms with Gasteiger partial charge in [-0.1, -0.05) is 0 Å². The molecule has 0 aliphatic rings. The number of aromatic nitrogens is 5. The summed E-state index contributed by atoms with van der Waals surface area (Å²) in [5.41, 5.74) is 1.68. The number of amides is 2. The number of carbonyl (C=O) groups is 1. The fourth-order valence-corrected chi connectivity index (χ4v) is 1.81. The molecule has 0 saturated heterocycles. The number of carbonyl (C=O) groups excluding carboxylic acids is 1. The Bertz CT molecular complexity index is 769. The molecule has 3 rings (SSSR count). The quantitative estimate of drug-likeness (QED) is 0.676. The van der Waals surface area contributed by atoms with Crippen molar-refractivity contribution in [1.82, 2.24) is 30.2 Å². The summed E-state index contributed by atoms with van der Waals surface area (Å²) in [6.45, 7) is 2.39. The van der Waals surface area contributed by atoms with Crippen LogP contribution in [0, 0.1) is 0 Å². The van der Waals surface area contributed by atoms with Gasteiger partial charge in [0, 0.05) is 18.9 Å². The molecule has 3 heterocycles. The predicted octanol–water partition coefficient (Wildman–Crippen LogP) is 1.56. The van der Waals surface area contributed by atoms with Gasteiger partial charge in [0.1, 0.15) is 17.0 Å². The van der Waals surface area contributed by atoms with E-state index in [2.05, 4.69) is 35.6 Å². The van der Waals surface area contributed by atoms with Gasteiger partial charge in [0.15, 0.2) is 11.5 Å². The van der Waals surface area contributed by atoms with Crippen LogP contribution in [-0.2, 0) is 0 Å². The van der Waals surface area contributed by atoms with Gasteiger partial charge >= 0.3 is 6.03 Å². The zero-order chi connectivity index (χ0) is 14.7. The summed E-state index contributed by atoms with van der Waals surface area (Å²) in [7, 11) is 0. The SMILES string of the molecule is CCNC(=O)Nc1ccc2ncc(-c3ncc[nH]3)nc2n1. The summed E-state index contributed by atoms with van der Waals surface area (Å²) in [5, 5.41) is 5.27. The van der Waals surface area contributed by atoms with Crippen molar-refractivity contribution in [3.63, 3.8) is 0 Å². The first-order valence-electron chi connectivity index (χ1n) is 6.44. The smallest absolute Gasteiger partial charge is 0.320 e. The number of hydrogen-bond donors (Lipinski definition) is 3. The molecule has 0 aliphatic carbocycles. The molecule has 0 fully saturated rings. The summed E-state index contributed by atoms with van der Waals surface area (Å²) in [6, 6.07) is 3.13. The average Bonchev–Trinajstić information content (AvgIpc) is 3.01. The van der Waals surface area contributed by atoms with Gasteiger partial charge in [-0.05, 0) is 19.1 Å². The van der Waals surface area contributed by atoms with Crippen molar-refractivity contribution >= 4 is 23.0 Å². The van der Waals surface area contributed by atoms with Gasteiger partial charge in [-0.25, -0.2) is 19.7 Å². The van der Waals surface area contributed by atoms with Crippen LogP contribution in [0.3, 0.4) is 0 Å². The molecule has 21 heavy (non-hydrogen) atoms. The Kier molecular flexibility index (Phi) is 3.42. The molecule has 0 spiro atoms. The van der Waals surface area contributed by atoms with Crippen LogP contribution in [0.1, 0.15) is 6.92 Å². The molecule has 8 nitrogen and oxygen atoms in total. The minimum atomic E-state index is -0.306. The molecule has 0 unspecified atom stereocenters. The maximum Gasteiger partial charge on any atom is 0.320 e. The first-order chi connectivity index (χ1) is 10.3. The van der Waals surface area contributed by atoms with E-state index in [1.54, 1.807) is 30.7 Å². The van der Waals surface area contributed by atoms with E-state index in [1.807, 2.05) is 6.92 Å². The number of nitrogens with zero attached hydrogens (tertiary/aromatic N) is 4. The summed E-state index contributed by atoms with van der Waals surface area (Å²) in [6.07, 6.45) is 4.98. The molecule has 8 heteroatoms. The van der Waals surface area contributed by atoms with Crippen molar-refractivity contribution in [2.24, 2.45) is 0 Å². The number of imidazole rings is 1. The number of hydrogen-bond acceptors (Lipinski definition) is 5. The fourth-order valence-electron chi connectivity index (χ4n) is 1.81. The van der Waals surface area contributed by atoms with E-state index in [4.69, 9.17) is 0 Å². The van der Waals surface area contributed by atoms with Crippen LogP contribution in [0.4, 0.5) is 10.6 Å². The van der Waals surface area contributed by atoms with Crippen LogP contribution in [-0.4, -0.2) is 37.5 Å². The Morgan fingerprint density at radius 3 is 2.95 bits per heavy atom. The van der Waals surface area contributed by atoms with E-state index in [0.717, 1.165) is 0 Å². The Labute approximate surface area is 120 Å². The third-order valence-electron chi connectivity index (χ3n) is 2.73. The molecular weight excluding hydrogens is 270 g/mol. The average molecular weight is 283 g/mol. The van der Waals surface area contributed by atoms with Gasteiger partial charge in [-0.2, -0.15) is 0 Å². The Balaban J connectivity index is 1.94. The van der Waals surface area contributed by atoms with Crippen LogP contribution >= 0.6 is 0 Å². The minimum absolute atomic E-state index is 0.306. The van der Waals surface area contributed by atoms with E-state index >= 15 is 0 Å². The molecule has 0 aliphatic heterocycles. The topological polar surface area (TPSA) is 108 Å². The lowest BCUT2D eigenvalue weighted by atomic mass is 10.3. The number of nitrogens with one attached hydrogen (secondary N) is 3. The van der Waals surface area contributed by atoms with Gasteiger partial charge in [-0.15, -0.1) is 0 Å². The van der Waals surface area contributed by atoms with Gasteiger partial charge in [0.25, 0.3) is 0 Å². The molecule has 0 radical (unpaired) electrons. The van der Waals surface area contributed by atoms with Gasteiger partial charge in [0.2, 0.25) is 0 Å². The minimum Gasteiger partial charge on any atom is -0.343 e. The molecular formula is C13H13N7O. The molecule has 3 aromatic rings. The molecule has 0 saturated carbocycles. The van der Waals surface area contributed by atoms with E-state index in [1.165, 1.54) is 0 Å². The highest BCUT2D eigenvalue weighted by atomic mass is 16.2. The number of anilines is 1. The number of urea groups is 1. The summed E-state index contributed by atoms with van der Waals surface area (Å²) < 4.78 is 0. The zero-order valence-corrected chi connectivity index (χ0v) is 11.3. The Morgan fingerprint density at radius 1 is 1.29 bits per heavy atom. The number of aromatic amines is 1. The lowest BCUT2D eigenvalue weighted by Crippen LogP contribution is -2.28. The maximum atomic E-state index is 11.5. The molecule has 0 bridgehead atoms. The summed E-state index contributed by atoms with van der Waals surface area (Å²) in [4.78, 5) is 31.5. The number of pyridine rings is 1. The van der Waals surface area contributed by atoms with Crippen molar-refractivity contribution in [3.05, 3.63) is 30.7 Å². The first kappa shape index (κ1) is 13.0. The second-order valence-corrected chi connectivity index (χ2v) is 4.22. The van der Waals surface area contributed by atoms with Crippen LogP contribution < -0.4 is 10.6 Å². The third-order valence-corrected chi connectivity index (χ3v) is 2.73. The van der Waals surface area contributed by atoms with Crippen LogP contribution in [0.5, 0.6) is 0 Å². The van der Waals surface area contributed by atoms with E-state index < -0.39 is 0 Å². The van der Waals surface area contributed by atoms with Crippen molar-refractivity contribution in [3.8, 4) is 11.5 Å². The second-order valence-electron chi connectivity index (χ2n) is 4.22. The molecule has 3 aromatic heterocycles. The first-order valence-corrected chi connectivity index (χ1v) is 6.44. The number of fused-ring (bicyclic) bond motifs is 1.